The van der Waals surface area contributed by atoms with Crippen molar-refractivity contribution in [2.75, 3.05) is 19.7 Å². The molecule has 0 saturated carbocycles. The molecule has 0 N–H and O–H groups in total. The molecule has 1 spiro atoms. The minimum atomic E-state index is -0.173. The van der Waals surface area contributed by atoms with Crippen LogP contribution in [0.15, 0.2) is 48.9 Å². The van der Waals surface area contributed by atoms with Crippen molar-refractivity contribution in [1.29, 1.82) is 0 Å². The summed E-state index contributed by atoms with van der Waals surface area (Å²) in [4.78, 5) is 22.6. The van der Waals surface area contributed by atoms with Gasteiger partial charge >= 0.3 is 0 Å². The molecule has 6 heteroatoms. The summed E-state index contributed by atoms with van der Waals surface area (Å²) in [5, 5.41) is 0. The van der Waals surface area contributed by atoms with Crippen molar-refractivity contribution in [3.63, 3.8) is 0 Å². The summed E-state index contributed by atoms with van der Waals surface area (Å²) in [5.74, 6) is 0.771. The van der Waals surface area contributed by atoms with Crippen molar-refractivity contribution in [3.05, 3.63) is 54.6 Å². The van der Waals surface area contributed by atoms with E-state index in [-0.39, 0.29) is 17.6 Å². The molecule has 4 heterocycles. The fourth-order valence-corrected chi connectivity index (χ4v) is 3.60. The van der Waals surface area contributed by atoms with E-state index in [2.05, 4.69) is 9.97 Å². The average molecular weight is 339 g/mol. The molecule has 1 unspecified atom stereocenters. The summed E-state index contributed by atoms with van der Waals surface area (Å²) >= 11 is 0. The fourth-order valence-electron chi connectivity index (χ4n) is 3.60. The standard InChI is InChI=1S/C19H21N3O3/c23-18(17-5-1-2-9-21-17)22-10-6-19(7-11-22)12-16(14-24-19)25-15-4-3-8-20-13-15/h1-5,8-9,13,16H,6-7,10-12,14H2. The van der Waals surface area contributed by atoms with E-state index < -0.39 is 0 Å². The van der Waals surface area contributed by atoms with Gasteiger partial charge in [0.1, 0.15) is 17.5 Å². The van der Waals surface area contributed by atoms with Gasteiger partial charge in [0.15, 0.2) is 0 Å². The number of aromatic nitrogens is 2. The van der Waals surface area contributed by atoms with Crippen molar-refractivity contribution >= 4 is 5.91 Å². The second-order valence-electron chi connectivity index (χ2n) is 6.63. The maximum Gasteiger partial charge on any atom is 0.272 e. The molecule has 130 valence electrons. The van der Waals surface area contributed by atoms with Crippen molar-refractivity contribution in [2.24, 2.45) is 0 Å². The zero-order valence-electron chi connectivity index (χ0n) is 14.0. The Hall–Kier alpha value is -2.47. The number of rotatable bonds is 3. The topological polar surface area (TPSA) is 64.6 Å². The van der Waals surface area contributed by atoms with Crippen LogP contribution in [0, 0.1) is 0 Å². The van der Waals surface area contributed by atoms with Gasteiger partial charge in [-0.05, 0) is 37.1 Å². The number of carbonyl (C=O) groups excluding carboxylic acids is 1. The highest BCUT2D eigenvalue weighted by atomic mass is 16.6. The molecule has 0 bridgehead atoms. The van der Waals surface area contributed by atoms with Crippen LogP contribution in [0.4, 0.5) is 0 Å². The van der Waals surface area contributed by atoms with Crippen molar-refractivity contribution < 1.29 is 14.3 Å². The molecule has 2 aromatic heterocycles. The molecule has 2 aromatic rings. The molecule has 2 aliphatic rings. The fraction of sp³-hybridized carbons (Fsp3) is 0.421. The summed E-state index contributed by atoms with van der Waals surface area (Å²) in [7, 11) is 0. The van der Waals surface area contributed by atoms with Gasteiger partial charge in [-0.3, -0.25) is 14.8 Å². The number of ether oxygens (including phenoxy) is 2. The Labute approximate surface area is 146 Å². The monoisotopic (exact) mass is 339 g/mol. The minimum absolute atomic E-state index is 0.00314. The summed E-state index contributed by atoms with van der Waals surface area (Å²) in [5.41, 5.74) is 0.330. The number of pyridine rings is 2. The Morgan fingerprint density at radius 2 is 2.08 bits per heavy atom. The van der Waals surface area contributed by atoms with Crippen molar-refractivity contribution in [1.82, 2.24) is 14.9 Å². The highest BCUT2D eigenvalue weighted by Gasteiger charge is 2.44. The Balaban J connectivity index is 1.33. The van der Waals surface area contributed by atoms with E-state index in [1.807, 2.05) is 29.2 Å². The second-order valence-corrected chi connectivity index (χ2v) is 6.63. The number of amides is 1. The predicted octanol–water partition coefficient (Wildman–Crippen LogP) is 2.32. The summed E-state index contributed by atoms with van der Waals surface area (Å²) in [6, 6.07) is 9.19. The number of hydrogen-bond acceptors (Lipinski definition) is 5. The van der Waals surface area contributed by atoms with Crippen LogP contribution >= 0.6 is 0 Å². The molecule has 4 rings (SSSR count). The van der Waals surface area contributed by atoms with E-state index in [0.29, 0.717) is 25.4 Å². The number of carbonyl (C=O) groups is 1. The molecule has 0 aromatic carbocycles. The average Bonchev–Trinajstić information content (AvgIpc) is 3.05. The third-order valence-electron chi connectivity index (χ3n) is 4.96. The highest BCUT2D eigenvalue weighted by Crippen LogP contribution is 2.37. The Bertz CT molecular complexity index is 715. The maximum absolute atomic E-state index is 12.5. The molecule has 2 fully saturated rings. The Morgan fingerprint density at radius 3 is 2.80 bits per heavy atom. The van der Waals surface area contributed by atoms with E-state index in [1.165, 1.54) is 0 Å². The van der Waals surface area contributed by atoms with Crippen LogP contribution in [0.1, 0.15) is 29.8 Å². The Morgan fingerprint density at radius 1 is 1.20 bits per heavy atom. The van der Waals surface area contributed by atoms with Gasteiger partial charge in [0, 0.05) is 31.9 Å². The van der Waals surface area contributed by atoms with Gasteiger partial charge in [0.2, 0.25) is 0 Å². The SMILES string of the molecule is O=C(c1ccccn1)N1CCC2(CC1)CC(Oc1cccnc1)CO2. The number of piperidine rings is 1. The second kappa shape index (κ2) is 6.80. The van der Waals surface area contributed by atoms with Crippen LogP contribution in [0.25, 0.3) is 0 Å². The zero-order valence-corrected chi connectivity index (χ0v) is 14.0. The molecule has 1 amide bonds. The summed E-state index contributed by atoms with van der Waals surface area (Å²) < 4.78 is 12.1. The summed E-state index contributed by atoms with van der Waals surface area (Å²) in [6.45, 7) is 1.97. The zero-order chi connectivity index (χ0) is 17.1. The lowest BCUT2D eigenvalue weighted by molar-refractivity contribution is -0.0396. The Kier molecular flexibility index (Phi) is 4.36. The largest absolute Gasteiger partial charge is 0.486 e. The quantitative estimate of drug-likeness (QED) is 0.859. The van der Waals surface area contributed by atoms with Crippen LogP contribution in [0.5, 0.6) is 5.75 Å². The predicted molar refractivity (Wildman–Crippen MR) is 91.3 cm³/mol. The van der Waals surface area contributed by atoms with Crippen LogP contribution in [0.2, 0.25) is 0 Å². The molecule has 6 nitrogen and oxygen atoms in total. The smallest absolute Gasteiger partial charge is 0.272 e. The number of hydrogen-bond donors (Lipinski definition) is 0. The lowest BCUT2D eigenvalue weighted by atomic mass is 9.88. The first-order chi connectivity index (χ1) is 12.2. The van der Waals surface area contributed by atoms with Crippen LogP contribution in [-0.2, 0) is 4.74 Å². The van der Waals surface area contributed by atoms with Gasteiger partial charge in [-0.2, -0.15) is 0 Å². The molecular formula is C19H21N3O3. The molecule has 2 saturated heterocycles. The normalized spacial score (nSPS) is 22.1. The van der Waals surface area contributed by atoms with E-state index in [4.69, 9.17) is 9.47 Å². The third kappa shape index (κ3) is 3.49. The van der Waals surface area contributed by atoms with Crippen LogP contribution in [0.3, 0.4) is 0 Å². The van der Waals surface area contributed by atoms with Gasteiger partial charge in [-0.25, -0.2) is 0 Å². The van der Waals surface area contributed by atoms with Crippen molar-refractivity contribution in [2.45, 2.75) is 31.0 Å². The molecule has 25 heavy (non-hydrogen) atoms. The van der Waals surface area contributed by atoms with Crippen molar-refractivity contribution in [3.8, 4) is 5.75 Å². The van der Waals surface area contributed by atoms with Gasteiger partial charge < -0.3 is 14.4 Å². The lowest BCUT2D eigenvalue weighted by Crippen LogP contribution is -2.46. The lowest BCUT2D eigenvalue weighted by Gasteiger charge is -2.38. The van der Waals surface area contributed by atoms with Gasteiger partial charge in [0.25, 0.3) is 5.91 Å². The highest BCUT2D eigenvalue weighted by molar-refractivity contribution is 5.92. The van der Waals surface area contributed by atoms with Gasteiger partial charge in [-0.15, -0.1) is 0 Å². The van der Waals surface area contributed by atoms with Crippen LogP contribution < -0.4 is 4.74 Å². The molecule has 0 aliphatic carbocycles. The summed E-state index contributed by atoms with van der Waals surface area (Å²) in [6.07, 6.45) is 7.67. The van der Waals surface area contributed by atoms with E-state index in [0.717, 1.165) is 25.0 Å². The first-order valence-electron chi connectivity index (χ1n) is 8.65. The molecule has 2 aliphatic heterocycles. The number of nitrogens with zero attached hydrogens (tertiary/aromatic N) is 3. The van der Waals surface area contributed by atoms with Gasteiger partial charge in [-0.1, -0.05) is 6.07 Å². The first-order valence-corrected chi connectivity index (χ1v) is 8.65. The minimum Gasteiger partial charge on any atom is -0.486 e. The van der Waals surface area contributed by atoms with E-state index in [9.17, 15) is 4.79 Å². The third-order valence-corrected chi connectivity index (χ3v) is 4.96. The maximum atomic E-state index is 12.5. The molecular weight excluding hydrogens is 318 g/mol. The molecule has 0 radical (unpaired) electrons. The number of likely N-dealkylation sites (tertiary alicyclic amines) is 1. The van der Waals surface area contributed by atoms with Crippen LogP contribution in [-0.4, -0.2) is 52.2 Å². The van der Waals surface area contributed by atoms with E-state index >= 15 is 0 Å². The molecule has 1 atom stereocenters. The van der Waals surface area contributed by atoms with Gasteiger partial charge in [0.05, 0.1) is 18.4 Å². The van der Waals surface area contributed by atoms with E-state index in [1.54, 1.807) is 24.7 Å². The first kappa shape index (κ1) is 16.0.